The fourth-order valence-electron chi connectivity index (χ4n) is 2.40. The normalized spacial score (nSPS) is 12.0. The molecule has 0 aliphatic rings. The molecule has 10 heteroatoms. The molecule has 29 heavy (non-hydrogen) atoms. The summed E-state index contributed by atoms with van der Waals surface area (Å²) < 4.78 is 5.15. The summed E-state index contributed by atoms with van der Waals surface area (Å²) in [5, 5.41) is 18.8. The van der Waals surface area contributed by atoms with Gasteiger partial charge in [-0.3, -0.25) is 14.9 Å². The largest absolute Gasteiger partial charge is 0.445 e. The van der Waals surface area contributed by atoms with Crippen LogP contribution in [0, 0.1) is 16.0 Å². The maximum absolute atomic E-state index is 12.4. The summed E-state index contributed by atoms with van der Waals surface area (Å²) in [6.45, 7) is 3.91. The van der Waals surface area contributed by atoms with E-state index in [1.807, 2.05) is 44.2 Å². The van der Waals surface area contributed by atoms with Gasteiger partial charge in [0.05, 0.1) is 11.1 Å². The molecule has 1 aromatic heterocycles. The molecule has 2 rings (SSSR count). The lowest BCUT2D eigenvalue weighted by Gasteiger charge is -2.18. The topological polar surface area (TPSA) is 123 Å². The Balaban J connectivity index is 1.92. The van der Waals surface area contributed by atoms with Crippen LogP contribution in [0.15, 0.2) is 46.9 Å². The molecule has 0 bridgehead atoms. The molecule has 1 unspecified atom stereocenters. The Labute approximate surface area is 171 Å². The van der Waals surface area contributed by atoms with Gasteiger partial charge in [-0.2, -0.15) is 5.10 Å². The van der Waals surface area contributed by atoms with Crippen LogP contribution in [0.5, 0.6) is 0 Å². The quantitative estimate of drug-likeness (QED) is 0.367. The van der Waals surface area contributed by atoms with E-state index in [-0.39, 0.29) is 18.2 Å². The number of nitrogens with one attached hydrogen (secondary N) is 2. The first-order valence-electron chi connectivity index (χ1n) is 8.88. The van der Waals surface area contributed by atoms with Crippen LogP contribution in [0.2, 0.25) is 0 Å². The SMILES string of the molecule is CC(C)CC(NC(=O)OCc1ccccc1)C(=O)N/N=C/c1sccc1[N+](=O)[O-]. The van der Waals surface area contributed by atoms with E-state index in [1.165, 1.54) is 12.3 Å². The summed E-state index contributed by atoms with van der Waals surface area (Å²) in [5.74, 6) is -0.409. The standard InChI is InChI=1S/C19H22N4O5S/c1-13(2)10-15(21-19(25)28-12-14-6-4-3-5-7-14)18(24)22-20-11-17-16(23(26)27)8-9-29-17/h3-9,11,13,15H,10,12H2,1-2H3,(H,21,25)(H,22,24)/b20-11+. The molecule has 154 valence electrons. The highest BCUT2D eigenvalue weighted by molar-refractivity contribution is 7.12. The monoisotopic (exact) mass is 418 g/mol. The summed E-state index contributed by atoms with van der Waals surface area (Å²) in [4.78, 5) is 35.2. The Hall–Kier alpha value is -3.27. The van der Waals surface area contributed by atoms with Gasteiger partial charge < -0.3 is 10.1 Å². The lowest BCUT2D eigenvalue weighted by molar-refractivity contribution is -0.384. The Bertz CT molecular complexity index is 866. The van der Waals surface area contributed by atoms with Crippen LogP contribution in [0.3, 0.4) is 0 Å². The first kappa shape index (κ1) is 22.0. The second kappa shape index (κ2) is 10.9. The zero-order chi connectivity index (χ0) is 21.2. The third kappa shape index (κ3) is 7.34. The van der Waals surface area contributed by atoms with Gasteiger partial charge in [-0.25, -0.2) is 10.2 Å². The highest BCUT2D eigenvalue weighted by Crippen LogP contribution is 2.22. The highest BCUT2D eigenvalue weighted by Gasteiger charge is 2.22. The van der Waals surface area contributed by atoms with Crippen molar-refractivity contribution < 1.29 is 19.2 Å². The number of rotatable bonds is 9. The first-order chi connectivity index (χ1) is 13.9. The Morgan fingerprint density at radius 3 is 2.66 bits per heavy atom. The Kier molecular flexibility index (Phi) is 8.28. The number of benzene rings is 1. The van der Waals surface area contributed by atoms with Gasteiger partial charge in [0.25, 0.3) is 11.6 Å². The molecule has 2 amide bonds. The van der Waals surface area contributed by atoms with Gasteiger partial charge in [0.2, 0.25) is 0 Å². The number of ether oxygens (including phenoxy) is 1. The zero-order valence-corrected chi connectivity index (χ0v) is 16.8. The number of nitrogens with zero attached hydrogens (tertiary/aromatic N) is 2. The van der Waals surface area contributed by atoms with Crippen molar-refractivity contribution in [2.24, 2.45) is 11.0 Å². The van der Waals surface area contributed by atoms with E-state index in [1.54, 1.807) is 5.38 Å². The number of carbonyl (C=O) groups excluding carboxylic acids is 2. The second-order valence-corrected chi connectivity index (χ2v) is 7.50. The molecule has 0 radical (unpaired) electrons. The first-order valence-corrected chi connectivity index (χ1v) is 9.76. The molecule has 1 atom stereocenters. The number of carbonyl (C=O) groups is 2. The lowest BCUT2D eigenvalue weighted by Crippen LogP contribution is -2.46. The second-order valence-electron chi connectivity index (χ2n) is 6.55. The predicted octanol–water partition coefficient (Wildman–Crippen LogP) is 3.45. The highest BCUT2D eigenvalue weighted by atomic mass is 32.1. The number of alkyl carbamates (subject to hydrolysis) is 1. The minimum atomic E-state index is -0.853. The predicted molar refractivity (Wildman–Crippen MR) is 110 cm³/mol. The molecule has 9 nitrogen and oxygen atoms in total. The molecule has 0 saturated heterocycles. The molecule has 0 aliphatic heterocycles. The van der Waals surface area contributed by atoms with Gasteiger partial charge in [-0.1, -0.05) is 44.2 Å². The van der Waals surface area contributed by atoms with Gasteiger partial charge in [0, 0.05) is 6.07 Å². The molecule has 2 N–H and O–H groups in total. The van der Waals surface area contributed by atoms with Crippen LogP contribution in [0.25, 0.3) is 0 Å². The van der Waals surface area contributed by atoms with Crippen molar-refractivity contribution in [1.29, 1.82) is 0 Å². The van der Waals surface area contributed by atoms with Gasteiger partial charge in [0.1, 0.15) is 17.5 Å². The molecule has 1 aromatic carbocycles. The van der Waals surface area contributed by atoms with Crippen molar-refractivity contribution in [2.45, 2.75) is 32.9 Å². The lowest BCUT2D eigenvalue weighted by atomic mass is 10.0. The molecule has 0 spiro atoms. The fourth-order valence-corrected chi connectivity index (χ4v) is 3.12. The van der Waals surface area contributed by atoms with E-state index in [0.717, 1.165) is 16.9 Å². The van der Waals surface area contributed by atoms with Crippen LogP contribution in [0.1, 0.15) is 30.7 Å². The number of thiophene rings is 1. The summed E-state index contributed by atoms with van der Waals surface area (Å²) in [6.07, 6.45) is 0.870. The molecular weight excluding hydrogens is 396 g/mol. The number of hydrogen-bond acceptors (Lipinski definition) is 7. The third-order valence-corrected chi connectivity index (χ3v) is 4.60. The summed E-state index contributed by atoms with van der Waals surface area (Å²) in [6, 6.07) is 9.68. The van der Waals surface area contributed by atoms with Crippen molar-refractivity contribution in [2.75, 3.05) is 0 Å². The van der Waals surface area contributed by atoms with Gasteiger partial charge in [0.15, 0.2) is 0 Å². The average Bonchev–Trinajstić information content (AvgIpc) is 3.15. The summed E-state index contributed by atoms with van der Waals surface area (Å²) in [7, 11) is 0. The number of amides is 2. The van der Waals surface area contributed by atoms with Crippen molar-refractivity contribution in [3.8, 4) is 0 Å². The van der Waals surface area contributed by atoms with Crippen molar-refractivity contribution in [1.82, 2.24) is 10.7 Å². The van der Waals surface area contributed by atoms with Crippen molar-refractivity contribution in [3.05, 3.63) is 62.3 Å². The van der Waals surface area contributed by atoms with Crippen LogP contribution >= 0.6 is 11.3 Å². The smallest absolute Gasteiger partial charge is 0.408 e. The molecule has 0 saturated carbocycles. The van der Waals surface area contributed by atoms with Gasteiger partial charge in [-0.15, -0.1) is 11.3 Å². The van der Waals surface area contributed by atoms with E-state index in [9.17, 15) is 19.7 Å². The molecule has 1 heterocycles. The van der Waals surface area contributed by atoms with E-state index in [4.69, 9.17) is 4.74 Å². The maximum Gasteiger partial charge on any atom is 0.408 e. The molecule has 2 aromatic rings. The van der Waals surface area contributed by atoms with Crippen LogP contribution < -0.4 is 10.7 Å². The fraction of sp³-hybridized carbons (Fsp3) is 0.316. The van der Waals surface area contributed by atoms with Gasteiger partial charge in [-0.05, 0) is 23.3 Å². The zero-order valence-electron chi connectivity index (χ0n) is 16.0. The number of hydrazone groups is 1. The van der Waals surface area contributed by atoms with Crippen LogP contribution in [0.4, 0.5) is 10.5 Å². The minimum absolute atomic E-state index is 0.0862. The van der Waals surface area contributed by atoms with E-state index in [2.05, 4.69) is 15.8 Å². The Morgan fingerprint density at radius 2 is 2.00 bits per heavy atom. The number of nitro groups is 1. The van der Waals surface area contributed by atoms with E-state index in [0.29, 0.717) is 11.3 Å². The van der Waals surface area contributed by atoms with Crippen molar-refractivity contribution >= 4 is 35.2 Å². The van der Waals surface area contributed by atoms with Gasteiger partial charge >= 0.3 is 6.09 Å². The molecular formula is C19H22N4O5S. The maximum atomic E-state index is 12.4. The third-order valence-electron chi connectivity index (χ3n) is 3.76. The summed E-state index contributed by atoms with van der Waals surface area (Å²) in [5.41, 5.74) is 3.06. The minimum Gasteiger partial charge on any atom is -0.445 e. The average molecular weight is 418 g/mol. The van der Waals surface area contributed by atoms with E-state index < -0.39 is 23.0 Å². The molecule has 0 aliphatic carbocycles. The molecule has 0 fully saturated rings. The summed E-state index contributed by atoms with van der Waals surface area (Å²) >= 11 is 1.13. The van der Waals surface area contributed by atoms with E-state index >= 15 is 0 Å². The Morgan fingerprint density at radius 1 is 1.28 bits per heavy atom. The van der Waals surface area contributed by atoms with Crippen molar-refractivity contribution in [3.63, 3.8) is 0 Å². The van der Waals surface area contributed by atoms with Crippen LogP contribution in [-0.4, -0.2) is 29.2 Å². The van der Waals surface area contributed by atoms with Crippen LogP contribution in [-0.2, 0) is 16.1 Å². The number of hydrogen-bond donors (Lipinski definition) is 2.